The van der Waals surface area contributed by atoms with E-state index in [1.807, 2.05) is 0 Å². The highest BCUT2D eigenvalue weighted by Gasteiger charge is 2.21. The molecule has 2 heteroatoms. The largest absolute Gasteiger partial charge is 0.377 e. The summed E-state index contributed by atoms with van der Waals surface area (Å²) in [5.41, 5.74) is 0. The molecule has 0 aromatic heterocycles. The second-order valence-electron chi connectivity index (χ2n) is 3.32. The van der Waals surface area contributed by atoms with Gasteiger partial charge in [0.15, 0.2) is 0 Å². The normalized spacial score (nSPS) is 40.8. The Morgan fingerprint density at radius 3 is 3.20 bits per heavy atom. The molecule has 10 heavy (non-hydrogen) atoms. The molecule has 0 aliphatic carbocycles. The molecule has 0 saturated carbocycles. The van der Waals surface area contributed by atoms with E-state index in [4.69, 9.17) is 4.74 Å². The third-order valence-corrected chi connectivity index (χ3v) is 2.53. The van der Waals surface area contributed by atoms with E-state index in [-0.39, 0.29) is 0 Å². The molecule has 0 unspecified atom stereocenters. The van der Waals surface area contributed by atoms with Gasteiger partial charge in [-0.3, -0.25) is 0 Å². The lowest BCUT2D eigenvalue weighted by atomic mass is 10.1. The number of ether oxygens (including phenoxy) is 1. The van der Waals surface area contributed by atoms with Crippen LogP contribution in [-0.4, -0.2) is 25.3 Å². The van der Waals surface area contributed by atoms with E-state index >= 15 is 0 Å². The lowest BCUT2D eigenvalue weighted by Gasteiger charge is -2.14. The van der Waals surface area contributed by atoms with E-state index in [2.05, 4.69) is 5.32 Å². The zero-order valence-corrected chi connectivity index (χ0v) is 6.31. The van der Waals surface area contributed by atoms with Gasteiger partial charge in [-0.1, -0.05) is 0 Å². The maximum absolute atomic E-state index is 5.61. The Kier molecular flexibility index (Phi) is 1.91. The summed E-state index contributed by atoms with van der Waals surface area (Å²) in [5, 5.41) is 3.52. The smallest absolute Gasteiger partial charge is 0.0699 e. The molecule has 0 amide bonds. The predicted molar refractivity (Wildman–Crippen MR) is 40.0 cm³/mol. The second kappa shape index (κ2) is 2.89. The first-order valence-electron chi connectivity index (χ1n) is 4.30. The minimum absolute atomic E-state index is 0.521. The molecule has 2 atom stereocenters. The number of fused-ring (bicyclic) bond motifs is 3. The van der Waals surface area contributed by atoms with Crippen LogP contribution < -0.4 is 5.32 Å². The molecule has 2 rings (SSSR count). The maximum Gasteiger partial charge on any atom is 0.0699 e. The molecule has 2 aliphatic rings. The molecular weight excluding hydrogens is 126 g/mol. The van der Waals surface area contributed by atoms with Crippen molar-refractivity contribution in [2.45, 2.75) is 37.8 Å². The average molecular weight is 141 g/mol. The lowest BCUT2D eigenvalue weighted by molar-refractivity contribution is 0.0551. The molecule has 2 saturated heterocycles. The van der Waals surface area contributed by atoms with Crippen LogP contribution in [0, 0.1) is 0 Å². The van der Waals surface area contributed by atoms with Crippen molar-refractivity contribution in [1.29, 1.82) is 0 Å². The van der Waals surface area contributed by atoms with Crippen LogP contribution >= 0.6 is 0 Å². The Morgan fingerprint density at radius 1 is 1.20 bits per heavy atom. The van der Waals surface area contributed by atoms with Crippen molar-refractivity contribution < 1.29 is 4.74 Å². The van der Waals surface area contributed by atoms with E-state index in [0.717, 1.165) is 19.2 Å². The Morgan fingerprint density at radius 2 is 2.20 bits per heavy atom. The minimum atomic E-state index is 0.521. The van der Waals surface area contributed by atoms with Crippen molar-refractivity contribution in [3.8, 4) is 0 Å². The molecule has 2 heterocycles. The highest BCUT2D eigenvalue weighted by molar-refractivity contribution is 4.78. The fourth-order valence-electron chi connectivity index (χ4n) is 1.86. The van der Waals surface area contributed by atoms with Gasteiger partial charge in [-0.15, -0.1) is 0 Å². The van der Waals surface area contributed by atoms with Gasteiger partial charge in [0.1, 0.15) is 0 Å². The summed E-state index contributed by atoms with van der Waals surface area (Å²) in [5.74, 6) is 0. The molecule has 2 aliphatic heterocycles. The van der Waals surface area contributed by atoms with Gasteiger partial charge >= 0.3 is 0 Å². The molecule has 0 aromatic rings. The third kappa shape index (κ3) is 1.32. The van der Waals surface area contributed by atoms with Gasteiger partial charge in [0, 0.05) is 19.2 Å². The van der Waals surface area contributed by atoms with Crippen molar-refractivity contribution in [2.75, 3.05) is 13.2 Å². The van der Waals surface area contributed by atoms with Gasteiger partial charge in [0.25, 0.3) is 0 Å². The first-order chi connectivity index (χ1) is 4.95. The van der Waals surface area contributed by atoms with Gasteiger partial charge in [0.05, 0.1) is 6.10 Å². The molecule has 0 radical (unpaired) electrons. The highest BCUT2D eigenvalue weighted by Crippen LogP contribution is 2.17. The summed E-state index contributed by atoms with van der Waals surface area (Å²) in [6.07, 6.45) is 5.72. The van der Waals surface area contributed by atoms with Gasteiger partial charge in [-0.2, -0.15) is 0 Å². The van der Waals surface area contributed by atoms with Crippen molar-refractivity contribution in [3.63, 3.8) is 0 Å². The molecule has 0 aromatic carbocycles. The van der Waals surface area contributed by atoms with Crippen molar-refractivity contribution in [3.05, 3.63) is 0 Å². The molecule has 2 bridgehead atoms. The third-order valence-electron chi connectivity index (χ3n) is 2.53. The van der Waals surface area contributed by atoms with Crippen LogP contribution in [0.15, 0.2) is 0 Å². The SMILES string of the molecule is C1C[C@H]2CCO[C@@H](C1)CN2. The quantitative estimate of drug-likeness (QED) is 0.541. The lowest BCUT2D eigenvalue weighted by Crippen LogP contribution is -2.29. The van der Waals surface area contributed by atoms with Crippen molar-refractivity contribution in [1.82, 2.24) is 5.32 Å². The first kappa shape index (κ1) is 6.62. The molecule has 58 valence electrons. The van der Waals surface area contributed by atoms with E-state index in [0.29, 0.717) is 6.10 Å². The standard InChI is InChI=1S/C8H15NO/c1-2-7-4-5-10-8(3-1)6-9-7/h7-9H,1-6H2/t7-,8-/m0/s1. The zero-order chi connectivity index (χ0) is 6.81. The van der Waals surface area contributed by atoms with Crippen LogP contribution in [0.2, 0.25) is 0 Å². The van der Waals surface area contributed by atoms with Crippen molar-refractivity contribution in [2.24, 2.45) is 0 Å². The molecule has 1 N–H and O–H groups in total. The second-order valence-corrected chi connectivity index (χ2v) is 3.32. The Hall–Kier alpha value is -0.0800. The minimum Gasteiger partial charge on any atom is -0.377 e. The van der Waals surface area contributed by atoms with Crippen molar-refractivity contribution >= 4 is 0 Å². The summed E-state index contributed by atoms with van der Waals surface area (Å²) in [6.45, 7) is 2.06. The summed E-state index contributed by atoms with van der Waals surface area (Å²) in [6, 6.07) is 0.757. The van der Waals surface area contributed by atoms with Crippen LogP contribution in [0.25, 0.3) is 0 Å². The zero-order valence-electron chi connectivity index (χ0n) is 6.31. The number of rotatable bonds is 0. The average Bonchev–Trinajstić information content (AvgIpc) is 2.17. The van der Waals surface area contributed by atoms with Crippen LogP contribution in [-0.2, 0) is 4.74 Å². The van der Waals surface area contributed by atoms with Gasteiger partial charge < -0.3 is 10.1 Å². The van der Waals surface area contributed by atoms with E-state index in [1.165, 1.54) is 25.7 Å². The number of hydrogen-bond acceptors (Lipinski definition) is 2. The van der Waals surface area contributed by atoms with E-state index in [9.17, 15) is 0 Å². The van der Waals surface area contributed by atoms with E-state index in [1.54, 1.807) is 0 Å². The molecular formula is C8H15NO. The Balaban J connectivity index is 2.01. The topological polar surface area (TPSA) is 21.3 Å². The monoisotopic (exact) mass is 141 g/mol. The fraction of sp³-hybridized carbons (Fsp3) is 1.00. The number of hydrogen-bond donors (Lipinski definition) is 1. The first-order valence-corrected chi connectivity index (χ1v) is 4.30. The molecule has 2 nitrogen and oxygen atoms in total. The van der Waals surface area contributed by atoms with Crippen LogP contribution in [0.3, 0.4) is 0 Å². The molecule has 2 fully saturated rings. The Labute approximate surface area is 61.9 Å². The molecule has 0 spiro atoms. The Bertz CT molecular complexity index is 93.8. The van der Waals surface area contributed by atoms with Crippen LogP contribution in [0.5, 0.6) is 0 Å². The van der Waals surface area contributed by atoms with Crippen LogP contribution in [0.1, 0.15) is 25.7 Å². The van der Waals surface area contributed by atoms with Gasteiger partial charge in [-0.25, -0.2) is 0 Å². The highest BCUT2D eigenvalue weighted by atomic mass is 16.5. The summed E-state index contributed by atoms with van der Waals surface area (Å²) < 4.78 is 5.61. The van der Waals surface area contributed by atoms with Crippen LogP contribution in [0.4, 0.5) is 0 Å². The van der Waals surface area contributed by atoms with Gasteiger partial charge in [0.2, 0.25) is 0 Å². The number of nitrogens with one attached hydrogen (secondary N) is 1. The van der Waals surface area contributed by atoms with E-state index < -0.39 is 0 Å². The van der Waals surface area contributed by atoms with Gasteiger partial charge in [-0.05, 0) is 25.7 Å². The predicted octanol–water partition coefficient (Wildman–Crippen LogP) is 0.917. The summed E-state index contributed by atoms with van der Waals surface area (Å²) in [4.78, 5) is 0. The maximum atomic E-state index is 5.61. The fourth-order valence-corrected chi connectivity index (χ4v) is 1.86. The summed E-state index contributed by atoms with van der Waals surface area (Å²) in [7, 11) is 0. The summed E-state index contributed by atoms with van der Waals surface area (Å²) >= 11 is 0.